The number of carbonyl (C=O) groups is 1. The Balaban J connectivity index is 0.00000162. The second-order valence-electron chi connectivity index (χ2n) is 3.57. The molecule has 0 aromatic heterocycles. The normalized spacial score (nSPS) is 18.9. The van der Waals surface area contributed by atoms with E-state index in [0.29, 0.717) is 0 Å². The number of ether oxygens (including phenoxy) is 1. The Morgan fingerprint density at radius 2 is 2.00 bits per heavy atom. The van der Waals surface area contributed by atoms with Crippen LogP contribution in [0.25, 0.3) is 0 Å². The maximum atomic E-state index is 12.5. The first kappa shape index (κ1) is 14.9. The molecule has 1 amide bonds. The largest absolute Gasteiger partial charge is 0.447 e. The number of alkyl halides is 3. The highest BCUT2D eigenvalue weighted by molar-refractivity contribution is 6.30. The highest BCUT2D eigenvalue weighted by Gasteiger charge is 2.33. The van der Waals surface area contributed by atoms with Crippen molar-refractivity contribution >= 4 is 30.1 Å². The van der Waals surface area contributed by atoms with Gasteiger partial charge in [0.15, 0.2) is 0 Å². The van der Waals surface area contributed by atoms with Crippen molar-refractivity contribution in [2.45, 2.75) is 12.2 Å². The fourth-order valence-corrected chi connectivity index (χ4v) is 1.78. The summed E-state index contributed by atoms with van der Waals surface area (Å²) in [5.41, 5.74) is -0.572. The van der Waals surface area contributed by atoms with E-state index in [1.165, 1.54) is 6.07 Å². The Hall–Kier alpha value is -1.14. The Morgan fingerprint density at radius 3 is 2.50 bits per heavy atom. The van der Waals surface area contributed by atoms with Crippen molar-refractivity contribution in [2.24, 2.45) is 0 Å². The zero-order valence-electron chi connectivity index (χ0n) is 8.75. The molecule has 100 valence electrons. The number of cyclic esters (lactones) is 1. The van der Waals surface area contributed by atoms with E-state index >= 15 is 0 Å². The van der Waals surface area contributed by atoms with Gasteiger partial charge in [-0.1, -0.05) is 11.6 Å². The number of carbonyl (C=O) groups excluding carboxylic acids is 1. The number of hydrogen-bond donors (Lipinski definition) is 1. The van der Waals surface area contributed by atoms with Gasteiger partial charge in [0, 0.05) is 5.02 Å². The number of halogens is 5. The smallest absolute Gasteiger partial charge is 0.416 e. The summed E-state index contributed by atoms with van der Waals surface area (Å²) in [6, 6.07) is 2.56. The second kappa shape index (κ2) is 5.24. The summed E-state index contributed by atoms with van der Waals surface area (Å²) in [5, 5.41) is 2.36. The average molecular weight is 302 g/mol. The zero-order chi connectivity index (χ0) is 12.6. The lowest BCUT2D eigenvalue weighted by Crippen LogP contribution is -2.19. The van der Waals surface area contributed by atoms with Crippen LogP contribution in [0, 0.1) is 0 Å². The van der Waals surface area contributed by atoms with Crippen LogP contribution in [0.1, 0.15) is 17.2 Å². The van der Waals surface area contributed by atoms with Gasteiger partial charge < -0.3 is 10.1 Å². The molecule has 1 atom stereocenters. The van der Waals surface area contributed by atoms with Crippen molar-refractivity contribution < 1.29 is 22.7 Å². The van der Waals surface area contributed by atoms with Gasteiger partial charge in [0.1, 0.15) is 6.61 Å². The minimum Gasteiger partial charge on any atom is -0.447 e. The van der Waals surface area contributed by atoms with Crippen molar-refractivity contribution in [3.05, 3.63) is 34.3 Å². The van der Waals surface area contributed by atoms with Gasteiger partial charge in [-0.3, -0.25) is 0 Å². The topological polar surface area (TPSA) is 38.3 Å². The molecule has 0 saturated carbocycles. The maximum absolute atomic E-state index is 12.5. The van der Waals surface area contributed by atoms with Gasteiger partial charge in [0.05, 0.1) is 11.6 Å². The molecule has 1 fully saturated rings. The van der Waals surface area contributed by atoms with Gasteiger partial charge in [0.2, 0.25) is 0 Å². The molecule has 1 aromatic rings. The highest BCUT2D eigenvalue weighted by Crippen LogP contribution is 2.33. The Kier molecular flexibility index (Phi) is 4.34. The number of rotatable bonds is 1. The number of nitrogens with one attached hydrogen (secondary N) is 1. The van der Waals surface area contributed by atoms with E-state index in [2.05, 4.69) is 10.1 Å². The molecule has 1 saturated heterocycles. The molecule has 8 heteroatoms. The van der Waals surface area contributed by atoms with E-state index in [4.69, 9.17) is 11.6 Å². The molecule has 1 heterocycles. The summed E-state index contributed by atoms with van der Waals surface area (Å²) in [5.74, 6) is 0. The minimum absolute atomic E-state index is 0. The summed E-state index contributed by atoms with van der Waals surface area (Å²) in [4.78, 5) is 10.8. The van der Waals surface area contributed by atoms with Crippen molar-refractivity contribution in [2.75, 3.05) is 6.61 Å². The molecule has 0 aliphatic carbocycles. The molecular formula is C10H8Cl2F3NO2. The third-order valence-corrected chi connectivity index (χ3v) is 2.54. The standard InChI is InChI=1S/C10H7ClF3NO2.ClH/c11-7-2-5(8-4-17-9(16)15-8)1-6(3-7)10(12,13)14;/h1-3,8H,4H2,(H,15,16);1H/t8-;/m1./s1. The summed E-state index contributed by atoms with van der Waals surface area (Å²) in [7, 11) is 0. The molecule has 0 radical (unpaired) electrons. The number of amides is 1. The lowest BCUT2D eigenvalue weighted by Gasteiger charge is -2.12. The Morgan fingerprint density at radius 1 is 1.33 bits per heavy atom. The van der Waals surface area contributed by atoms with E-state index < -0.39 is 23.9 Å². The van der Waals surface area contributed by atoms with Crippen molar-refractivity contribution in [1.29, 1.82) is 0 Å². The van der Waals surface area contributed by atoms with Crippen molar-refractivity contribution in [3.63, 3.8) is 0 Å². The van der Waals surface area contributed by atoms with Crippen molar-refractivity contribution in [3.8, 4) is 0 Å². The van der Waals surface area contributed by atoms with Gasteiger partial charge in [0.25, 0.3) is 0 Å². The first-order chi connectivity index (χ1) is 7.86. The highest BCUT2D eigenvalue weighted by atomic mass is 35.5. The van der Waals surface area contributed by atoms with Crippen LogP contribution in [0.4, 0.5) is 18.0 Å². The molecule has 1 aliphatic rings. The third-order valence-electron chi connectivity index (χ3n) is 2.32. The Labute approximate surface area is 112 Å². The molecule has 18 heavy (non-hydrogen) atoms. The van der Waals surface area contributed by atoms with E-state index in [0.717, 1.165) is 12.1 Å². The molecule has 0 unspecified atom stereocenters. The predicted octanol–water partition coefficient (Wildman–Crippen LogP) is 3.56. The summed E-state index contributed by atoms with van der Waals surface area (Å²) in [6.07, 6.45) is -5.12. The van der Waals surface area contributed by atoms with Gasteiger partial charge >= 0.3 is 12.3 Å². The lowest BCUT2D eigenvalue weighted by atomic mass is 10.0. The summed E-state index contributed by atoms with van der Waals surface area (Å²) in [6.45, 7) is -0.00350. The van der Waals surface area contributed by atoms with E-state index in [-0.39, 0.29) is 29.6 Å². The first-order valence-electron chi connectivity index (χ1n) is 4.67. The summed E-state index contributed by atoms with van der Waals surface area (Å²) < 4.78 is 42.2. The number of benzene rings is 1. The third kappa shape index (κ3) is 3.20. The molecule has 2 rings (SSSR count). The van der Waals surface area contributed by atoms with Crippen LogP contribution in [0.3, 0.4) is 0 Å². The Bertz CT molecular complexity index is 465. The number of hydrogen-bond acceptors (Lipinski definition) is 2. The van der Waals surface area contributed by atoms with Crippen LogP contribution in [-0.2, 0) is 10.9 Å². The zero-order valence-corrected chi connectivity index (χ0v) is 10.3. The average Bonchev–Trinajstić information content (AvgIpc) is 2.62. The number of alkyl carbamates (subject to hydrolysis) is 1. The van der Waals surface area contributed by atoms with Crippen molar-refractivity contribution in [1.82, 2.24) is 5.32 Å². The molecular weight excluding hydrogens is 294 g/mol. The molecule has 0 bridgehead atoms. The molecule has 1 aromatic carbocycles. The quantitative estimate of drug-likeness (QED) is 0.861. The SMILES string of the molecule is Cl.O=C1N[C@@H](c2cc(Cl)cc(C(F)(F)F)c2)CO1. The second-order valence-corrected chi connectivity index (χ2v) is 4.00. The predicted molar refractivity (Wildman–Crippen MR) is 60.9 cm³/mol. The van der Waals surface area contributed by atoms with Crippen LogP contribution in [0.5, 0.6) is 0 Å². The van der Waals surface area contributed by atoms with Gasteiger partial charge in [-0.05, 0) is 23.8 Å². The van der Waals surface area contributed by atoms with Crippen LogP contribution in [-0.4, -0.2) is 12.7 Å². The van der Waals surface area contributed by atoms with Gasteiger partial charge in [-0.25, -0.2) is 4.79 Å². The minimum atomic E-state index is -4.47. The first-order valence-corrected chi connectivity index (χ1v) is 5.05. The monoisotopic (exact) mass is 301 g/mol. The van der Waals surface area contributed by atoms with Crippen LogP contribution in [0.2, 0.25) is 5.02 Å². The molecule has 3 nitrogen and oxygen atoms in total. The summed E-state index contributed by atoms with van der Waals surface area (Å²) >= 11 is 5.62. The maximum Gasteiger partial charge on any atom is 0.416 e. The van der Waals surface area contributed by atoms with Gasteiger partial charge in [-0.2, -0.15) is 13.2 Å². The molecule has 0 spiro atoms. The van der Waals surface area contributed by atoms with E-state index in [1.54, 1.807) is 0 Å². The van der Waals surface area contributed by atoms with Gasteiger partial charge in [-0.15, -0.1) is 12.4 Å². The van der Waals surface area contributed by atoms with E-state index in [1.807, 2.05) is 0 Å². The van der Waals surface area contributed by atoms with Crippen LogP contribution >= 0.6 is 24.0 Å². The van der Waals surface area contributed by atoms with E-state index in [9.17, 15) is 18.0 Å². The van der Waals surface area contributed by atoms with Crippen LogP contribution < -0.4 is 5.32 Å². The molecule has 1 N–H and O–H groups in total. The molecule has 1 aliphatic heterocycles. The fourth-order valence-electron chi connectivity index (χ4n) is 1.54. The van der Waals surface area contributed by atoms with Crippen LogP contribution in [0.15, 0.2) is 18.2 Å². The fraction of sp³-hybridized carbons (Fsp3) is 0.300. The lowest BCUT2D eigenvalue weighted by molar-refractivity contribution is -0.137.